The van der Waals surface area contributed by atoms with E-state index < -0.39 is 0 Å². The molecule has 0 rings (SSSR count). The van der Waals surface area contributed by atoms with Crippen LogP contribution < -0.4 is 0 Å². The number of hydrogen-bond donors (Lipinski definition) is 2. The second-order valence-electron chi connectivity index (χ2n) is 2.47. The Labute approximate surface area is 106 Å². The van der Waals surface area contributed by atoms with E-state index in [9.17, 15) is 0 Å². The van der Waals surface area contributed by atoms with Crippen LogP contribution in [-0.4, -0.2) is 46.0 Å². The number of thioether (sulfide) groups is 3. The fourth-order valence-corrected chi connectivity index (χ4v) is 4.58. The van der Waals surface area contributed by atoms with E-state index in [2.05, 4.69) is 43.3 Å². The largest absolute Gasteiger partial charge is 0.179 e. The van der Waals surface area contributed by atoms with Crippen molar-refractivity contribution in [3.05, 3.63) is 0 Å². The van der Waals surface area contributed by atoms with Gasteiger partial charge in [-0.05, 0) is 12.0 Å². The molecule has 5 heteroatoms. The second kappa shape index (κ2) is 11.8. The molecule has 0 aromatic heterocycles. The molecular formula is C8H18S5. The number of hydrogen-bond acceptors (Lipinski definition) is 5. The molecule has 1 unspecified atom stereocenters. The maximum Gasteiger partial charge on any atom is 0.0226 e. The van der Waals surface area contributed by atoms with Crippen LogP contribution in [0.1, 0.15) is 0 Å². The van der Waals surface area contributed by atoms with E-state index in [-0.39, 0.29) is 0 Å². The summed E-state index contributed by atoms with van der Waals surface area (Å²) >= 11 is 14.5. The van der Waals surface area contributed by atoms with Gasteiger partial charge in [0.15, 0.2) is 0 Å². The Morgan fingerprint density at radius 1 is 1.15 bits per heavy atom. The Morgan fingerprint density at radius 2 is 1.92 bits per heavy atom. The molecule has 0 saturated carbocycles. The summed E-state index contributed by atoms with van der Waals surface area (Å²) in [4.78, 5) is 0. The van der Waals surface area contributed by atoms with Crippen molar-refractivity contribution in [3.8, 4) is 0 Å². The van der Waals surface area contributed by atoms with E-state index in [1.165, 1.54) is 17.3 Å². The van der Waals surface area contributed by atoms with Gasteiger partial charge in [-0.25, -0.2) is 0 Å². The molecule has 0 fully saturated rings. The zero-order valence-corrected chi connectivity index (χ0v) is 12.2. The van der Waals surface area contributed by atoms with Crippen LogP contribution in [0.3, 0.4) is 0 Å². The average Bonchev–Trinajstić information content (AvgIpc) is 2.16. The highest BCUT2D eigenvalue weighted by atomic mass is 32.2. The lowest BCUT2D eigenvalue weighted by molar-refractivity contribution is 1.15. The van der Waals surface area contributed by atoms with Crippen molar-refractivity contribution in [3.63, 3.8) is 0 Å². The Kier molecular flexibility index (Phi) is 13.4. The lowest BCUT2D eigenvalue weighted by Gasteiger charge is -2.12. The van der Waals surface area contributed by atoms with Gasteiger partial charge in [-0.15, -0.1) is 0 Å². The zero-order valence-electron chi connectivity index (χ0n) is 7.94. The first-order valence-electron chi connectivity index (χ1n) is 4.25. The molecule has 0 heterocycles. The van der Waals surface area contributed by atoms with Crippen LogP contribution in [-0.2, 0) is 0 Å². The molecule has 0 bridgehead atoms. The molecule has 1 atom stereocenters. The Bertz CT molecular complexity index is 88.5. The fraction of sp³-hybridized carbons (Fsp3) is 1.00. The first kappa shape index (κ1) is 14.8. The summed E-state index contributed by atoms with van der Waals surface area (Å²) in [5.74, 6) is 6.89. The second-order valence-corrected chi connectivity index (χ2v) is 6.82. The summed E-state index contributed by atoms with van der Waals surface area (Å²) in [6, 6.07) is 0. The maximum absolute atomic E-state index is 4.36. The summed E-state index contributed by atoms with van der Waals surface area (Å²) in [5, 5.41) is 0.723. The van der Waals surface area contributed by atoms with Crippen molar-refractivity contribution in [1.82, 2.24) is 0 Å². The molecule has 0 radical (unpaired) electrons. The molecule has 0 aliphatic rings. The van der Waals surface area contributed by atoms with Gasteiger partial charge in [0.05, 0.1) is 0 Å². The quantitative estimate of drug-likeness (QED) is 0.490. The third-order valence-corrected chi connectivity index (χ3v) is 6.06. The van der Waals surface area contributed by atoms with E-state index in [4.69, 9.17) is 0 Å². The average molecular weight is 275 g/mol. The molecule has 0 saturated heterocycles. The van der Waals surface area contributed by atoms with E-state index >= 15 is 0 Å². The van der Waals surface area contributed by atoms with Crippen molar-refractivity contribution in [2.45, 2.75) is 5.25 Å². The first-order valence-corrected chi connectivity index (χ1v) is 9.11. The monoisotopic (exact) mass is 274 g/mol. The molecule has 0 aromatic rings. The zero-order chi connectivity index (χ0) is 9.94. The molecular weight excluding hydrogens is 256 g/mol. The van der Waals surface area contributed by atoms with Gasteiger partial charge in [0.2, 0.25) is 0 Å². The molecule has 13 heavy (non-hydrogen) atoms. The Hall–Kier alpha value is 1.75. The van der Waals surface area contributed by atoms with Gasteiger partial charge in [-0.1, -0.05) is 0 Å². The van der Waals surface area contributed by atoms with Crippen molar-refractivity contribution in [1.29, 1.82) is 0 Å². The van der Waals surface area contributed by atoms with Crippen molar-refractivity contribution < 1.29 is 0 Å². The van der Waals surface area contributed by atoms with E-state index in [0.717, 1.165) is 22.5 Å². The van der Waals surface area contributed by atoms with E-state index in [1.54, 1.807) is 0 Å². The predicted molar refractivity (Wildman–Crippen MR) is 79.7 cm³/mol. The summed E-state index contributed by atoms with van der Waals surface area (Å²) in [7, 11) is 0. The smallest absolute Gasteiger partial charge is 0.0226 e. The van der Waals surface area contributed by atoms with Crippen molar-refractivity contribution in [2.75, 3.05) is 40.8 Å². The van der Waals surface area contributed by atoms with Crippen LogP contribution in [0.5, 0.6) is 0 Å². The highest BCUT2D eigenvalue weighted by Crippen LogP contribution is 2.18. The van der Waals surface area contributed by atoms with Gasteiger partial charge in [0.1, 0.15) is 0 Å². The Morgan fingerprint density at radius 3 is 2.46 bits per heavy atom. The van der Waals surface area contributed by atoms with Crippen LogP contribution in [0.2, 0.25) is 0 Å². The molecule has 0 spiro atoms. The summed E-state index contributed by atoms with van der Waals surface area (Å²) in [6.45, 7) is 0. The molecule has 0 aliphatic heterocycles. The lowest BCUT2D eigenvalue weighted by Crippen LogP contribution is -2.10. The highest BCUT2D eigenvalue weighted by Gasteiger charge is 2.06. The minimum Gasteiger partial charge on any atom is -0.179 e. The van der Waals surface area contributed by atoms with Gasteiger partial charge in [-0.3, -0.25) is 0 Å². The van der Waals surface area contributed by atoms with Crippen molar-refractivity contribution in [2.24, 2.45) is 0 Å². The van der Waals surface area contributed by atoms with E-state index in [0.29, 0.717) is 0 Å². The molecule has 80 valence electrons. The standard InChI is InChI=1S/C8H18S5/c1-11-4-5-13-8(6-10)7-12-3-2-9/h8-10H,2-7H2,1H3. The Balaban J connectivity index is 3.28. The number of thiol groups is 2. The van der Waals surface area contributed by atoms with Gasteiger partial charge in [0.25, 0.3) is 0 Å². The van der Waals surface area contributed by atoms with Crippen LogP contribution >= 0.6 is 60.5 Å². The van der Waals surface area contributed by atoms with Crippen LogP contribution in [0.4, 0.5) is 0 Å². The summed E-state index contributed by atoms with van der Waals surface area (Å²) in [5.41, 5.74) is 0. The van der Waals surface area contributed by atoms with Gasteiger partial charge in [0, 0.05) is 34.0 Å². The topological polar surface area (TPSA) is 0 Å². The third-order valence-electron chi connectivity index (χ3n) is 1.38. The molecule has 0 nitrogen and oxygen atoms in total. The number of rotatable bonds is 9. The third kappa shape index (κ3) is 10.0. The van der Waals surface area contributed by atoms with Crippen LogP contribution in [0.25, 0.3) is 0 Å². The van der Waals surface area contributed by atoms with Crippen LogP contribution in [0, 0.1) is 0 Å². The van der Waals surface area contributed by atoms with Crippen LogP contribution in [0.15, 0.2) is 0 Å². The van der Waals surface area contributed by atoms with Gasteiger partial charge in [-0.2, -0.15) is 60.5 Å². The molecule has 0 aliphatic carbocycles. The normalized spacial score (nSPS) is 13.2. The first-order chi connectivity index (χ1) is 6.35. The molecule has 0 aromatic carbocycles. The highest BCUT2D eigenvalue weighted by molar-refractivity contribution is 8.05. The SMILES string of the molecule is CSCCSC(CS)CSCCS. The maximum atomic E-state index is 4.36. The minimum atomic E-state index is 0.723. The predicted octanol–water partition coefficient (Wildman–Crippen LogP) is 3.04. The molecule has 0 N–H and O–H groups in total. The van der Waals surface area contributed by atoms with Crippen molar-refractivity contribution >= 4 is 60.5 Å². The van der Waals surface area contributed by atoms with Gasteiger partial charge >= 0.3 is 0 Å². The van der Waals surface area contributed by atoms with Gasteiger partial charge < -0.3 is 0 Å². The fourth-order valence-electron chi connectivity index (χ4n) is 0.731. The lowest BCUT2D eigenvalue weighted by atomic mass is 10.5. The summed E-state index contributed by atoms with van der Waals surface area (Å²) < 4.78 is 0. The van der Waals surface area contributed by atoms with E-state index in [1.807, 2.05) is 23.5 Å². The summed E-state index contributed by atoms with van der Waals surface area (Å²) in [6.07, 6.45) is 2.16. The molecule has 0 amide bonds. The minimum absolute atomic E-state index is 0.723.